The largest absolute Gasteiger partial charge is 0.500 e. The number of aromatic nitrogens is 2. The first-order chi connectivity index (χ1) is 22.7. The Morgan fingerprint density at radius 2 is 1.40 bits per heavy atom. The molecule has 245 valence electrons. The van der Waals surface area contributed by atoms with Gasteiger partial charge in [0.05, 0.1) is 13.7 Å². The number of para-hydroxylation sites is 1. The Kier molecular flexibility index (Phi) is 11.3. The van der Waals surface area contributed by atoms with Crippen LogP contribution in [0.3, 0.4) is 0 Å². The molecule has 7 aromatic rings. The first-order valence-electron chi connectivity index (χ1n) is 16.4. The molecule has 4 aromatic carbocycles. The van der Waals surface area contributed by atoms with E-state index in [0.717, 1.165) is 57.3 Å². The molecular formula is C43H42IrN2OSi-2. The van der Waals surface area contributed by atoms with Crippen LogP contribution in [0.15, 0.2) is 120 Å². The molecule has 0 unspecified atom stereocenters. The predicted octanol–water partition coefficient (Wildman–Crippen LogP) is 10.6. The number of aryl methyl sites for hydroxylation is 1. The Balaban J connectivity index is 0.000000193. The smallest absolute Gasteiger partial charge is 0.120 e. The molecule has 48 heavy (non-hydrogen) atoms. The average Bonchev–Trinajstić information content (AvgIpc) is 3.44. The third kappa shape index (κ3) is 8.28. The van der Waals surface area contributed by atoms with E-state index in [-0.39, 0.29) is 20.1 Å². The minimum atomic E-state index is -1.34. The summed E-state index contributed by atoms with van der Waals surface area (Å²) in [5, 5.41) is 3.72. The van der Waals surface area contributed by atoms with Gasteiger partial charge in [-0.1, -0.05) is 105 Å². The number of fused-ring (bicyclic) bond motifs is 3. The third-order valence-corrected chi connectivity index (χ3v) is 10.5. The van der Waals surface area contributed by atoms with Crippen LogP contribution in [-0.2, 0) is 32.9 Å². The molecule has 5 heteroatoms. The molecular weight excluding hydrogens is 781 g/mol. The second-order valence-electron chi connectivity index (χ2n) is 13.7. The van der Waals surface area contributed by atoms with Gasteiger partial charge in [-0.25, -0.2) is 0 Å². The quantitative estimate of drug-likeness (QED) is 0.119. The van der Waals surface area contributed by atoms with Crippen molar-refractivity contribution < 1.29 is 24.5 Å². The van der Waals surface area contributed by atoms with E-state index in [9.17, 15) is 0 Å². The van der Waals surface area contributed by atoms with Crippen molar-refractivity contribution in [2.24, 2.45) is 5.92 Å². The first kappa shape index (κ1) is 35.2. The molecule has 7 rings (SSSR count). The molecule has 3 heterocycles. The summed E-state index contributed by atoms with van der Waals surface area (Å²) >= 11 is 0. The van der Waals surface area contributed by atoms with Gasteiger partial charge in [0.2, 0.25) is 0 Å². The van der Waals surface area contributed by atoms with Crippen LogP contribution < -0.4 is 5.19 Å². The Morgan fingerprint density at radius 1 is 0.708 bits per heavy atom. The zero-order valence-electron chi connectivity index (χ0n) is 28.6. The fourth-order valence-electron chi connectivity index (χ4n) is 6.02. The van der Waals surface area contributed by atoms with Gasteiger partial charge in [0.1, 0.15) is 5.58 Å². The molecule has 0 bridgehead atoms. The fraction of sp³-hybridized carbons (Fsp3) is 0.209. The molecule has 3 aromatic heterocycles. The van der Waals surface area contributed by atoms with Crippen molar-refractivity contribution in [3.05, 3.63) is 150 Å². The van der Waals surface area contributed by atoms with Gasteiger partial charge in [0.15, 0.2) is 0 Å². The van der Waals surface area contributed by atoms with Crippen LogP contribution in [0.25, 0.3) is 44.5 Å². The number of hydrogen-bond donors (Lipinski definition) is 0. The van der Waals surface area contributed by atoms with Crippen LogP contribution in [0.4, 0.5) is 0 Å². The summed E-state index contributed by atoms with van der Waals surface area (Å²) < 4.78 is 5.91. The van der Waals surface area contributed by atoms with Crippen LogP contribution in [0.2, 0.25) is 19.6 Å². The van der Waals surface area contributed by atoms with Crippen LogP contribution in [-0.4, -0.2) is 18.0 Å². The second-order valence-corrected chi connectivity index (χ2v) is 18.8. The van der Waals surface area contributed by atoms with Crippen LogP contribution in [0.5, 0.6) is 0 Å². The topological polar surface area (TPSA) is 38.9 Å². The van der Waals surface area contributed by atoms with Gasteiger partial charge in [-0.05, 0) is 65.0 Å². The van der Waals surface area contributed by atoms with E-state index in [4.69, 9.17) is 4.42 Å². The van der Waals surface area contributed by atoms with Crippen molar-refractivity contribution in [1.29, 1.82) is 0 Å². The summed E-state index contributed by atoms with van der Waals surface area (Å²) in [6.45, 7) is 13.9. The summed E-state index contributed by atoms with van der Waals surface area (Å²) in [6.07, 6.45) is 6.10. The molecule has 0 fully saturated rings. The number of benzene rings is 4. The minimum absolute atomic E-state index is 0. The van der Waals surface area contributed by atoms with E-state index >= 15 is 0 Å². The Morgan fingerprint density at radius 3 is 2.12 bits per heavy atom. The minimum Gasteiger partial charge on any atom is -0.500 e. The van der Waals surface area contributed by atoms with Crippen LogP contribution >= 0.6 is 0 Å². The molecule has 0 spiro atoms. The molecule has 0 aliphatic heterocycles. The summed E-state index contributed by atoms with van der Waals surface area (Å²) in [7, 11) is -1.34. The van der Waals surface area contributed by atoms with E-state index in [0.29, 0.717) is 5.92 Å². The van der Waals surface area contributed by atoms with Gasteiger partial charge in [-0.15, -0.1) is 59.7 Å². The van der Waals surface area contributed by atoms with Gasteiger partial charge in [0, 0.05) is 37.9 Å². The maximum absolute atomic E-state index is 5.91. The van der Waals surface area contributed by atoms with E-state index in [2.05, 4.69) is 123 Å². The van der Waals surface area contributed by atoms with Crippen LogP contribution in [0.1, 0.15) is 36.1 Å². The maximum atomic E-state index is 5.91. The normalized spacial score (nSPS) is 11.3. The van der Waals surface area contributed by atoms with Crippen molar-refractivity contribution in [1.82, 2.24) is 9.97 Å². The molecule has 0 amide bonds. The summed E-state index contributed by atoms with van der Waals surface area (Å²) in [4.78, 5) is 9.35. The first-order valence-corrected chi connectivity index (χ1v) is 19.9. The fourth-order valence-corrected chi connectivity index (χ4v) is 7.61. The molecule has 0 atom stereocenters. The summed E-state index contributed by atoms with van der Waals surface area (Å²) in [5.74, 6) is 0.667. The van der Waals surface area contributed by atoms with Crippen molar-refractivity contribution >= 4 is 35.2 Å². The SMILES string of the molecule is CC(C)Cc1cc(-c2[c-]cccc2)ncc1[Si](C)(C)C.Cc1cnc(-c2[c-]cc3oc4ccccc4c3c2)cc1Cc1ccccc1.[Ir]. The molecule has 0 saturated heterocycles. The third-order valence-electron chi connectivity index (χ3n) is 8.45. The number of nitrogens with zero attached hydrogens (tertiary/aromatic N) is 2. The molecule has 0 saturated carbocycles. The van der Waals surface area contributed by atoms with Gasteiger partial charge in [0.25, 0.3) is 0 Å². The monoisotopic (exact) mass is 823 g/mol. The van der Waals surface area contributed by atoms with Crippen molar-refractivity contribution in [2.75, 3.05) is 0 Å². The number of furan rings is 1. The molecule has 0 N–H and O–H groups in total. The van der Waals surface area contributed by atoms with Crippen molar-refractivity contribution in [3.63, 3.8) is 0 Å². The van der Waals surface area contributed by atoms with Gasteiger partial charge in [-0.3, -0.25) is 0 Å². The van der Waals surface area contributed by atoms with Gasteiger partial charge in [-0.2, -0.15) is 0 Å². The Hall–Kier alpha value is -4.15. The van der Waals surface area contributed by atoms with Crippen LogP contribution in [0, 0.1) is 25.0 Å². The Labute approximate surface area is 299 Å². The maximum Gasteiger partial charge on any atom is 0.120 e. The molecule has 3 nitrogen and oxygen atoms in total. The van der Waals surface area contributed by atoms with Gasteiger partial charge < -0.3 is 14.4 Å². The Bertz CT molecular complexity index is 2120. The van der Waals surface area contributed by atoms with Crippen molar-refractivity contribution in [3.8, 4) is 22.5 Å². The molecule has 1 radical (unpaired) electrons. The molecule has 0 aliphatic carbocycles. The summed E-state index contributed by atoms with van der Waals surface area (Å²) in [5.41, 5.74) is 11.1. The van der Waals surface area contributed by atoms with E-state index in [1.165, 1.54) is 27.4 Å². The summed E-state index contributed by atoms with van der Waals surface area (Å²) in [6, 6.07) is 41.8. The number of pyridine rings is 2. The zero-order valence-corrected chi connectivity index (χ0v) is 32.0. The second kappa shape index (κ2) is 15.4. The van der Waals surface area contributed by atoms with Crippen molar-refractivity contribution in [2.45, 2.75) is 53.3 Å². The predicted molar refractivity (Wildman–Crippen MR) is 200 cm³/mol. The van der Waals surface area contributed by atoms with E-state index in [1.54, 1.807) is 0 Å². The average molecular weight is 823 g/mol. The standard InChI is InChI=1S/C25H18NO.C18H24NSi.Ir/c1-17-16-26-23(15-20(17)13-18-7-3-2-4-8-18)19-11-12-25-22(14-19)21-9-5-6-10-24(21)27-25;1-14(2)11-16-12-17(15-9-7-6-8-10-15)19-13-18(16)20(3,4)5;/h2-10,12,14-16H,13H2,1H3;6-9,12-14H,11H2,1-5H3;/q2*-1;. The molecule has 0 aliphatic rings. The van der Waals surface area contributed by atoms with E-state index in [1.807, 2.05) is 54.7 Å². The van der Waals surface area contributed by atoms with E-state index < -0.39 is 8.07 Å². The zero-order chi connectivity index (χ0) is 33.0. The van der Waals surface area contributed by atoms with Gasteiger partial charge >= 0.3 is 0 Å². The number of hydrogen-bond acceptors (Lipinski definition) is 3. The number of rotatable bonds is 7.